The minimum atomic E-state index is -0.440. The lowest BCUT2D eigenvalue weighted by atomic mass is 10.2. The highest BCUT2D eigenvalue weighted by atomic mass is 32.2. The standard InChI is InChI=1S/C18H22N4O2S/c1-2-3-10-19-18(24)21-15(23)11-25-17-13-6-4-5-7-14(13)20-16(22-17)12-8-9-12/h4-7,12H,2-3,8-11H2,1H3,(H2,19,21,23,24). The van der Waals surface area contributed by atoms with Crippen LogP contribution >= 0.6 is 11.8 Å². The zero-order chi connectivity index (χ0) is 17.6. The average Bonchev–Trinajstić information content (AvgIpc) is 3.45. The van der Waals surface area contributed by atoms with Gasteiger partial charge in [-0.1, -0.05) is 43.3 Å². The number of para-hydroxylation sites is 1. The number of unbranched alkanes of at least 4 members (excludes halogenated alkanes) is 1. The minimum Gasteiger partial charge on any atom is -0.338 e. The third-order valence-corrected chi connectivity index (χ3v) is 4.93. The predicted octanol–water partition coefficient (Wildman–Crippen LogP) is 3.23. The molecule has 6 nitrogen and oxygen atoms in total. The molecule has 2 N–H and O–H groups in total. The van der Waals surface area contributed by atoms with Crippen molar-refractivity contribution < 1.29 is 9.59 Å². The highest BCUT2D eigenvalue weighted by Gasteiger charge is 2.27. The van der Waals surface area contributed by atoms with Gasteiger partial charge in [0, 0.05) is 17.8 Å². The van der Waals surface area contributed by atoms with Gasteiger partial charge in [-0.3, -0.25) is 10.1 Å². The number of hydrogen-bond acceptors (Lipinski definition) is 5. The van der Waals surface area contributed by atoms with Crippen LogP contribution in [0.2, 0.25) is 0 Å². The van der Waals surface area contributed by atoms with Crippen LogP contribution in [0.15, 0.2) is 29.3 Å². The monoisotopic (exact) mass is 358 g/mol. The molecule has 3 rings (SSSR count). The molecule has 0 saturated heterocycles. The first-order valence-electron chi connectivity index (χ1n) is 8.64. The van der Waals surface area contributed by atoms with Gasteiger partial charge < -0.3 is 5.32 Å². The van der Waals surface area contributed by atoms with Crippen molar-refractivity contribution in [2.45, 2.75) is 43.6 Å². The number of carbonyl (C=O) groups excluding carboxylic acids is 2. The van der Waals surface area contributed by atoms with Gasteiger partial charge in [0.15, 0.2) is 0 Å². The second kappa shape index (κ2) is 8.29. The molecule has 25 heavy (non-hydrogen) atoms. The number of rotatable bonds is 7. The molecule has 1 heterocycles. The van der Waals surface area contributed by atoms with Gasteiger partial charge in [0.25, 0.3) is 0 Å². The molecule has 0 aliphatic heterocycles. The molecule has 1 aromatic heterocycles. The van der Waals surface area contributed by atoms with Gasteiger partial charge in [0.2, 0.25) is 5.91 Å². The van der Waals surface area contributed by atoms with E-state index in [1.807, 2.05) is 31.2 Å². The summed E-state index contributed by atoms with van der Waals surface area (Å²) < 4.78 is 0. The third-order valence-electron chi connectivity index (χ3n) is 3.94. The second-order valence-corrected chi connectivity index (χ2v) is 7.09. The number of hydrogen-bond donors (Lipinski definition) is 2. The van der Waals surface area contributed by atoms with Crippen LogP contribution in [0.1, 0.15) is 44.3 Å². The Morgan fingerprint density at radius 3 is 2.80 bits per heavy atom. The Hall–Kier alpha value is -2.15. The molecule has 0 bridgehead atoms. The molecular formula is C18H22N4O2S. The molecule has 0 radical (unpaired) electrons. The lowest BCUT2D eigenvalue weighted by Gasteiger charge is -2.08. The summed E-state index contributed by atoms with van der Waals surface area (Å²) in [6.45, 7) is 2.62. The largest absolute Gasteiger partial charge is 0.338 e. The van der Waals surface area contributed by atoms with Crippen molar-refractivity contribution in [2.75, 3.05) is 12.3 Å². The van der Waals surface area contributed by atoms with Gasteiger partial charge in [0.05, 0.1) is 11.3 Å². The van der Waals surface area contributed by atoms with Crippen molar-refractivity contribution in [3.63, 3.8) is 0 Å². The number of thioether (sulfide) groups is 1. The lowest BCUT2D eigenvalue weighted by Crippen LogP contribution is -2.40. The number of amides is 3. The fraction of sp³-hybridized carbons (Fsp3) is 0.444. The summed E-state index contributed by atoms with van der Waals surface area (Å²) in [4.78, 5) is 32.9. The smallest absolute Gasteiger partial charge is 0.321 e. The summed E-state index contributed by atoms with van der Waals surface area (Å²) in [5, 5.41) is 6.76. The van der Waals surface area contributed by atoms with E-state index in [0.29, 0.717) is 12.5 Å². The molecule has 7 heteroatoms. The maximum Gasteiger partial charge on any atom is 0.321 e. The zero-order valence-electron chi connectivity index (χ0n) is 14.2. The molecule has 0 spiro atoms. The molecule has 1 fully saturated rings. The molecule has 1 aliphatic carbocycles. The Morgan fingerprint density at radius 1 is 1.24 bits per heavy atom. The van der Waals surface area contributed by atoms with Gasteiger partial charge in [0.1, 0.15) is 10.9 Å². The van der Waals surface area contributed by atoms with Crippen LogP contribution in [0, 0.1) is 0 Å². The van der Waals surface area contributed by atoms with Crippen LogP contribution in [0.25, 0.3) is 10.9 Å². The zero-order valence-corrected chi connectivity index (χ0v) is 15.1. The number of nitrogens with one attached hydrogen (secondary N) is 2. The molecule has 1 aliphatic rings. The summed E-state index contributed by atoms with van der Waals surface area (Å²) in [5.41, 5.74) is 0.902. The first-order valence-corrected chi connectivity index (χ1v) is 9.63. The molecule has 1 saturated carbocycles. The van der Waals surface area contributed by atoms with Crippen molar-refractivity contribution in [1.29, 1.82) is 0 Å². The predicted molar refractivity (Wildman–Crippen MR) is 98.7 cm³/mol. The van der Waals surface area contributed by atoms with E-state index in [1.54, 1.807) is 0 Å². The van der Waals surface area contributed by atoms with Crippen LogP contribution in [-0.2, 0) is 4.79 Å². The van der Waals surface area contributed by atoms with E-state index in [4.69, 9.17) is 0 Å². The van der Waals surface area contributed by atoms with Crippen LogP contribution in [-0.4, -0.2) is 34.2 Å². The van der Waals surface area contributed by atoms with E-state index in [0.717, 1.165) is 47.4 Å². The van der Waals surface area contributed by atoms with Gasteiger partial charge in [-0.15, -0.1) is 0 Å². The Labute approximate surface area is 151 Å². The SMILES string of the molecule is CCCCNC(=O)NC(=O)CSc1nc(C2CC2)nc2ccccc12. The molecular weight excluding hydrogens is 336 g/mol. The first-order chi connectivity index (χ1) is 12.2. The molecule has 1 aromatic carbocycles. The summed E-state index contributed by atoms with van der Waals surface area (Å²) >= 11 is 1.34. The van der Waals surface area contributed by atoms with E-state index in [9.17, 15) is 9.59 Å². The van der Waals surface area contributed by atoms with Crippen molar-refractivity contribution in [3.05, 3.63) is 30.1 Å². The highest BCUT2D eigenvalue weighted by molar-refractivity contribution is 8.00. The third kappa shape index (κ3) is 4.92. The normalized spacial score (nSPS) is 13.6. The maximum atomic E-state index is 12.0. The van der Waals surface area contributed by atoms with E-state index in [1.165, 1.54) is 11.8 Å². The number of fused-ring (bicyclic) bond motifs is 1. The summed E-state index contributed by atoms with van der Waals surface area (Å²) in [5.74, 6) is 1.13. The van der Waals surface area contributed by atoms with E-state index < -0.39 is 6.03 Å². The quantitative estimate of drug-likeness (QED) is 0.451. The summed E-state index contributed by atoms with van der Waals surface area (Å²) in [6, 6.07) is 7.38. The van der Waals surface area contributed by atoms with Gasteiger partial charge in [-0.2, -0.15) is 0 Å². The van der Waals surface area contributed by atoms with Crippen LogP contribution in [0.3, 0.4) is 0 Å². The fourth-order valence-corrected chi connectivity index (χ4v) is 3.24. The Balaban J connectivity index is 1.62. The van der Waals surface area contributed by atoms with Gasteiger partial charge in [-0.05, 0) is 25.3 Å². The number of aromatic nitrogens is 2. The van der Waals surface area contributed by atoms with Gasteiger partial charge in [-0.25, -0.2) is 14.8 Å². The first kappa shape index (κ1) is 17.7. The highest BCUT2D eigenvalue weighted by Crippen LogP contribution is 2.39. The van der Waals surface area contributed by atoms with Crippen LogP contribution in [0.5, 0.6) is 0 Å². The molecule has 2 aromatic rings. The van der Waals surface area contributed by atoms with Crippen molar-refractivity contribution >= 4 is 34.6 Å². The second-order valence-electron chi connectivity index (χ2n) is 6.12. The van der Waals surface area contributed by atoms with Crippen molar-refractivity contribution in [3.8, 4) is 0 Å². The molecule has 132 valence electrons. The molecule has 0 atom stereocenters. The summed E-state index contributed by atoms with van der Waals surface area (Å²) in [7, 11) is 0. The lowest BCUT2D eigenvalue weighted by molar-refractivity contribution is -0.117. The average molecular weight is 358 g/mol. The van der Waals surface area contributed by atoms with Crippen molar-refractivity contribution in [1.82, 2.24) is 20.6 Å². The Morgan fingerprint density at radius 2 is 2.04 bits per heavy atom. The number of carbonyl (C=O) groups is 2. The van der Waals surface area contributed by atoms with E-state index in [-0.39, 0.29) is 11.7 Å². The number of urea groups is 1. The molecule has 0 unspecified atom stereocenters. The molecule has 3 amide bonds. The minimum absolute atomic E-state index is 0.145. The number of benzene rings is 1. The van der Waals surface area contributed by atoms with Crippen LogP contribution < -0.4 is 10.6 Å². The topological polar surface area (TPSA) is 84.0 Å². The summed E-state index contributed by atoms with van der Waals surface area (Å²) in [6.07, 6.45) is 4.14. The van der Waals surface area contributed by atoms with Crippen molar-refractivity contribution in [2.24, 2.45) is 0 Å². The Kier molecular flexibility index (Phi) is 5.86. The van der Waals surface area contributed by atoms with E-state index >= 15 is 0 Å². The Bertz CT molecular complexity index is 777. The number of imide groups is 1. The van der Waals surface area contributed by atoms with Crippen LogP contribution in [0.4, 0.5) is 4.79 Å². The maximum absolute atomic E-state index is 12.0. The van der Waals surface area contributed by atoms with Gasteiger partial charge >= 0.3 is 6.03 Å². The fourth-order valence-electron chi connectivity index (χ4n) is 2.42. The van der Waals surface area contributed by atoms with E-state index in [2.05, 4.69) is 20.6 Å². The number of nitrogens with zero attached hydrogens (tertiary/aromatic N) is 2.